The third-order valence-corrected chi connectivity index (χ3v) is 32.4. The number of nitrogens with zero attached hydrogens (tertiary/aromatic N) is 3. The molecule has 24 aromatic rings. The third-order valence-electron chi connectivity index (χ3n) is 28.9. The van der Waals surface area contributed by atoms with Gasteiger partial charge in [-0.1, -0.05) is 373 Å². The maximum atomic E-state index is 2.44. The van der Waals surface area contributed by atoms with Gasteiger partial charge in [-0.15, -0.1) is 34.0 Å². The Morgan fingerprint density at radius 3 is 1.04 bits per heavy atom. The zero-order valence-corrected chi connectivity index (χ0v) is 80.0. The number of para-hydroxylation sites is 1. The summed E-state index contributed by atoms with van der Waals surface area (Å²) in [5.74, 6) is 0. The lowest BCUT2D eigenvalue weighted by Crippen LogP contribution is -2.16. The predicted octanol–water partition coefficient (Wildman–Crippen LogP) is 38.8. The van der Waals surface area contributed by atoms with Crippen LogP contribution < -0.4 is 14.7 Å². The van der Waals surface area contributed by atoms with Gasteiger partial charge in [0.15, 0.2) is 0 Å². The Morgan fingerprint density at radius 1 is 0.173 bits per heavy atom. The van der Waals surface area contributed by atoms with Gasteiger partial charge in [0.1, 0.15) is 0 Å². The molecule has 0 N–H and O–H groups in total. The summed E-state index contributed by atoms with van der Waals surface area (Å²) in [7, 11) is 0. The van der Waals surface area contributed by atoms with E-state index in [-0.39, 0.29) is 10.8 Å². The first-order valence-electron chi connectivity index (χ1n) is 48.0. The van der Waals surface area contributed by atoms with Crippen molar-refractivity contribution in [2.75, 3.05) is 14.7 Å². The molecule has 21 aromatic carbocycles. The zero-order valence-electron chi connectivity index (χ0n) is 77.5. The fourth-order valence-corrected chi connectivity index (χ4v) is 25.3. The van der Waals surface area contributed by atoms with Gasteiger partial charge >= 0.3 is 0 Å². The normalized spacial score (nSPS) is 12.7. The number of thiophene rings is 3. The van der Waals surface area contributed by atoms with Crippen LogP contribution in [0.15, 0.2) is 491 Å². The van der Waals surface area contributed by atoms with Gasteiger partial charge in [-0.2, -0.15) is 0 Å². The molecule has 6 heteroatoms. The Balaban J connectivity index is 0.000000110. The average Bonchev–Trinajstić information content (AvgIpc) is 1.59. The second-order valence-electron chi connectivity index (χ2n) is 37.7. The van der Waals surface area contributed by atoms with Crippen molar-refractivity contribution in [1.82, 2.24) is 0 Å². The molecule has 3 aromatic heterocycles. The van der Waals surface area contributed by atoms with Crippen LogP contribution in [0.2, 0.25) is 0 Å². The molecular weight excluding hydrogens is 1740 g/mol. The molecule has 0 saturated carbocycles. The second-order valence-corrected chi connectivity index (χ2v) is 41.0. The molecule has 660 valence electrons. The van der Waals surface area contributed by atoms with Crippen LogP contribution in [-0.4, -0.2) is 0 Å². The maximum absolute atomic E-state index is 2.44. The molecule has 0 aliphatic heterocycles. The number of hydrogen-bond donors (Lipinski definition) is 0. The van der Waals surface area contributed by atoms with E-state index in [1.807, 2.05) is 34.0 Å². The van der Waals surface area contributed by atoms with E-state index in [1.165, 1.54) is 200 Å². The van der Waals surface area contributed by atoms with Gasteiger partial charge in [0.25, 0.3) is 0 Å². The first-order valence-corrected chi connectivity index (χ1v) is 50.5. The number of hydrogen-bond acceptors (Lipinski definition) is 6. The van der Waals surface area contributed by atoms with Crippen LogP contribution in [0, 0.1) is 0 Å². The number of rotatable bonds is 15. The second kappa shape index (κ2) is 35.1. The van der Waals surface area contributed by atoms with E-state index in [0.29, 0.717) is 0 Å². The molecule has 0 radical (unpaired) electrons. The molecule has 3 aliphatic carbocycles. The van der Waals surface area contributed by atoms with Crippen LogP contribution in [0.1, 0.15) is 61.1 Å². The predicted molar refractivity (Wildman–Crippen MR) is 598 cm³/mol. The van der Waals surface area contributed by atoms with E-state index in [2.05, 4.69) is 534 Å². The highest BCUT2D eigenvalue weighted by molar-refractivity contribution is 7.27. The molecular formula is C133H95N3S3. The SMILES string of the molecule is CC1(C)c2ccccc2-c2ccc(N(c3ccc(-c4ccccc4)cc3)c3cccc(-c4ccc5sc6ccccc6c5c4)c3)cc21.CC1(C)c2ccccc2-c2ccc(N(c3ccc(-c4ccccc4)cc3)c3ccccc3-c3ccc4sc5ccccc5c4c3)cc21.c1ccc(-c2ccc(N(c3ccc(-c4cccc5c4sc4ccccc45)cc3)c3ccc4c(c3)Cc3ccccc3-4)cc2)cc1. The Hall–Kier alpha value is -16.3. The smallest absolute Gasteiger partial charge is 0.0540 e. The molecule has 0 amide bonds. The van der Waals surface area contributed by atoms with Crippen molar-refractivity contribution in [3.8, 4) is 100 Å². The molecule has 3 heterocycles. The fourth-order valence-electron chi connectivity index (χ4n) is 21.9. The highest BCUT2D eigenvalue weighted by Gasteiger charge is 2.38. The summed E-state index contributed by atoms with van der Waals surface area (Å²) in [4.78, 5) is 7.25. The summed E-state index contributed by atoms with van der Waals surface area (Å²) in [6, 6.07) is 180. The number of fused-ring (bicyclic) bond motifs is 18. The first-order chi connectivity index (χ1) is 68.4. The van der Waals surface area contributed by atoms with E-state index in [0.717, 1.165) is 51.9 Å². The Kier molecular flexibility index (Phi) is 21.3. The van der Waals surface area contributed by atoms with Gasteiger partial charge < -0.3 is 14.7 Å². The summed E-state index contributed by atoms with van der Waals surface area (Å²) >= 11 is 5.61. The van der Waals surface area contributed by atoms with Crippen LogP contribution in [0.3, 0.4) is 0 Å². The average molecular weight is 1830 g/mol. The van der Waals surface area contributed by atoms with Crippen molar-refractivity contribution in [3.05, 3.63) is 525 Å². The topological polar surface area (TPSA) is 9.72 Å². The van der Waals surface area contributed by atoms with Gasteiger partial charge in [0.05, 0.1) is 5.69 Å². The van der Waals surface area contributed by atoms with Crippen LogP contribution in [0.4, 0.5) is 51.2 Å². The van der Waals surface area contributed by atoms with Crippen molar-refractivity contribution in [2.45, 2.75) is 44.9 Å². The fraction of sp³-hybridized carbons (Fsp3) is 0.0526. The zero-order chi connectivity index (χ0) is 92.8. The third kappa shape index (κ3) is 15.3. The van der Waals surface area contributed by atoms with Crippen LogP contribution in [0.25, 0.3) is 161 Å². The molecule has 0 spiro atoms. The van der Waals surface area contributed by atoms with Crippen molar-refractivity contribution in [3.63, 3.8) is 0 Å². The van der Waals surface area contributed by atoms with E-state index in [4.69, 9.17) is 0 Å². The molecule has 3 aliphatic rings. The highest BCUT2D eigenvalue weighted by Crippen LogP contribution is 2.56. The summed E-state index contributed by atoms with van der Waals surface area (Å²) in [6.45, 7) is 9.42. The lowest BCUT2D eigenvalue weighted by atomic mass is 9.82. The van der Waals surface area contributed by atoms with E-state index in [1.54, 1.807) is 0 Å². The largest absolute Gasteiger partial charge is 0.310 e. The minimum atomic E-state index is -0.0880. The minimum absolute atomic E-state index is 0.0780. The Morgan fingerprint density at radius 2 is 0.496 bits per heavy atom. The van der Waals surface area contributed by atoms with Crippen LogP contribution in [-0.2, 0) is 17.3 Å². The molecule has 3 nitrogen and oxygen atoms in total. The van der Waals surface area contributed by atoms with Crippen LogP contribution >= 0.6 is 34.0 Å². The lowest BCUT2D eigenvalue weighted by Gasteiger charge is -2.30. The van der Waals surface area contributed by atoms with Gasteiger partial charge in [-0.05, 0) is 280 Å². The Labute approximate surface area is 823 Å². The van der Waals surface area contributed by atoms with E-state index >= 15 is 0 Å². The number of anilines is 9. The number of benzene rings is 21. The van der Waals surface area contributed by atoms with Gasteiger partial charge in [0, 0.05) is 122 Å². The van der Waals surface area contributed by atoms with Gasteiger partial charge in [0.2, 0.25) is 0 Å². The highest BCUT2D eigenvalue weighted by atomic mass is 32.1. The van der Waals surface area contributed by atoms with E-state index < -0.39 is 0 Å². The van der Waals surface area contributed by atoms with Gasteiger partial charge in [-0.3, -0.25) is 0 Å². The monoisotopic (exact) mass is 1830 g/mol. The van der Waals surface area contributed by atoms with Crippen molar-refractivity contribution in [1.29, 1.82) is 0 Å². The molecule has 0 bridgehead atoms. The van der Waals surface area contributed by atoms with Crippen LogP contribution in [0.5, 0.6) is 0 Å². The van der Waals surface area contributed by atoms with E-state index in [9.17, 15) is 0 Å². The molecule has 0 fully saturated rings. The molecule has 0 unspecified atom stereocenters. The summed E-state index contributed by atoms with van der Waals surface area (Å²) < 4.78 is 7.99. The summed E-state index contributed by atoms with van der Waals surface area (Å²) in [6.07, 6.45) is 0.970. The molecule has 27 rings (SSSR count). The Bertz CT molecular complexity index is 8830. The van der Waals surface area contributed by atoms with Crippen molar-refractivity contribution in [2.24, 2.45) is 0 Å². The standard InChI is InChI=1S/2C45H33NS.C43H29NS/c1-45(2)40-17-9-6-15-36(40)37-26-25-34(29-41(37)45)46(33-23-20-31(21-24-33)30-12-4-3-5-13-30)42-18-10-7-14-35(42)32-22-27-44-39(28-32)38-16-8-11-19-43(38)47-44;1-45(2)41-17-8-6-15-37(41)38-25-24-36(29-42(38)45)46(34-22-19-31(20-23-34)30-11-4-3-5-12-30)35-14-10-13-32(27-35)33-21-26-44-40(28-33)39-16-7-9-18-43(39)47-44;1-2-9-29(10-3-1)30-17-21-34(22-18-30)44(36-25-26-38-33(28-36)27-32-11-4-5-12-37(32)38)35-23-19-31(20-24-35)39-14-8-15-41-40-13-6-7-16-42(40)45-43(39)41/h2*3-29H,1-2H3;1-26,28H,27H2. The lowest BCUT2D eigenvalue weighted by molar-refractivity contribution is 0.660. The first kappa shape index (κ1) is 84.4. The van der Waals surface area contributed by atoms with Gasteiger partial charge in [-0.25, -0.2) is 0 Å². The molecule has 139 heavy (non-hydrogen) atoms. The molecule has 0 atom stereocenters. The van der Waals surface area contributed by atoms with Crippen molar-refractivity contribution < 1.29 is 0 Å². The maximum Gasteiger partial charge on any atom is 0.0540 e. The molecule has 0 saturated heterocycles. The quantitative estimate of drug-likeness (QED) is 0.101. The summed E-state index contributed by atoms with van der Waals surface area (Å²) in [5, 5.41) is 7.94. The van der Waals surface area contributed by atoms with Crippen molar-refractivity contribution >= 4 is 146 Å². The minimum Gasteiger partial charge on any atom is -0.310 e. The summed E-state index contributed by atoms with van der Waals surface area (Å²) in [5.41, 5.74) is 41.2.